The Kier molecular flexibility index (Phi) is 4.02. The summed E-state index contributed by atoms with van der Waals surface area (Å²) < 4.78 is 23.6. The predicted molar refractivity (Wildman–Crippen MR) is 66.8 cm³/mol. The number of rotatable bonds is 4. The molecule has 110 valence electrons. The number of carboxylic acid groups (broad SMARTS) is 1. The zero-order valence-electron chi connectivity index (χ0n) is 10.5. The van der Waals surface area contributed by atoms with Crippen molar-refractivity contribution in [3.8, 4) is 0 Å². The minimum absolute atomic E-state index is 0.0738. The second kappa shape index (κ2) is 5.57. The van der Waals surface area contributed by atoms with E-state index in [9.17, 15) is 18.0 Å². The van der Waals surface area contributed by atoms with Crippen molar-refractivity contribution in [1.82, 2.24) is 20.3 Å². The molecule has 2 heterocycles. The Morgan fingerprint density at radius 3 is 2.60 bits per heavy atom. The SMILES string of the molecule is O=C(Cn1cc(C(=O)O)nn1)NC1CCS(=O)(=O)CC1. The van der Waals surface area contributed by atoms with Crippen molar-refractivity contribution in [1.29, 1.82) is 0 Å². The summed E-state index contributed by atoms with van der Waals surface area (Å²) in [6, 6.07) is -0.173. The minimum atomic E-state index is -2.96. The Labute approximate surface area is 114 Å². The molecule has 1 fully saturated rings. The number of carbonyl (C=O) groups is 2. The summed E-state index contributed by atoms with van der Waals surface area (Å²) in [5.74, 6) is -1.42. The van der Waals surface area contributed by atoms with Crippen LogP contribution in [0.2, 0.25) is 0 Å². The lowest BCUT2D eigenvalue weighted by Crippen LogP contribution is -2.42. The van der Waals surface area contributed by atoms with Crippen molar-refractivity contribution in [2.45, 2.75) is 25.4 Å². The second-order valence-electron chi connectivity index (χ2n) is 4.60. The summed E-state index contributed by atoms with van der Waals surface area (Å²) in [5.41, 5.74) is -0.235. The molecular weight excluding hydrogens is 288 g/mol. The van der Waals surface area contributed by atoms with Crippen LogP contribution in [0.4, 0.5) is 0 Å². The monoisotopic (exact) mass is 302 g/mol. The molecule has 0 spiro atoms. The molecule has 0 unspecified atom stereocenters. The van der Waals surface area contributed by atoms with E-state index in [0.717, 1.165) is 10.9 Å². The van der Waals surface area contributed by atoms with Crippen LogP contribution in [0.25, 0.3) is 0 Å². The van der Waals surface area contributed by atoms with Crippen LogP contribution < -0.4 is 5.32 Å². The molecule has 1 aliphatic rings. The summed E-state index contributed by atoms with van der Waals surface area (Å²) in [6.45, 7) is -0.149. The fraction of sp³-hybridized carbons (Fsp3) is 0.600. The first-order chi connectivity index (χ1) is 9.35. The quantitative estimate of drug-likeness (QED) is 0.704. The molecule has 0 aliphatic carbocycles. The van der Waals surface area contributed by atoms with Gasteiger partial charge in [0.25, 0.3) is 0 Å². The lowest BCUT2D eigenvalue weighted by Gasteiger charge is -2.22. The van der Waals surface area contributed by atoms with Crippen LogP contribution in [0.5, 0.6) is 0 Å². The number of hydrogen-bond donors (Lipinski definition) is 2. The van der Waals surface area contributed by atoms with E-state index in [2.05, 4.69) is 15.6 Å². The molecule has 1 aromatic rings. The lowest BCUT2D eigenvalue weighted by atomic mass is 10.1. The van der Waals surface area contributed by atoms with Crippen LogP contribution in [-0.4, -0.2) is 57.9 Å². The third kappa shape index (κ3) is 3.76. The van der Waals surface area contributed by atoms with E-state index in [1.165, 1.54) is 0 Å². The topological polar surface area (TPSA) is 131 Å². The number of carboxylic acids is 1. The van der Waals surface area contributed by atoms with Gasteiger partial charge < -0.3 is 10.4 Å². The third-order valence-electron chi connectivity index (χ3n) is 2.98. The second-order valence-corrected chi connectivity index (χ2v) is 6.90. The Hall–Kier alpha value is -1.97. The van der Waals surface area contributed by atoms with Gasteiger partial charge in [-0.05, 0) is 12.8 Å². The van der Waals surface area contributed by atoms with Gasteiger partial charge in [0.2, 0.25) is 5.91 Å². The van der Waals surface area contributed by atoms with Crippen molar-refractivity contribution in [3.05, 3.63) is 11.9 Å². The van der Waals surface area contributed by atoms with Crippen LogP contribution in [0, 0.1) is 0 Å². The van der Waals surface area contributed by atoms with Crippen molar-refractivity contribution in [3.63, 3.8) is 0 Å². The molecule has 2 N–H and O–H groups in total. The van der Waals surface area contributed by atoms with Crippen molar-refractivity contribution >= 4 is 21.7 Å². The maximum atomic E-state index is 11.7. The highest BCUT2D eigenvalue weighted by molar-refractivity contribution is 7.91. The zero-order valence-corrected chi connectivity index (χ0v) is 11.3. The summed E-state index contributed by atoms with van der Waals surface area (Å²) in [5, 5.41) is 18.3. The van der Waals surface area contributed by atoms with Crippen molar-refractivity contribution in [2.24, 2.45) is 0 Å². The van der Waals surface area contributed by atoms with E-state index in [-0.39, 0.29) is 35.7 Å². The maximum Gasteiger partial charge on any atom is 0.358 e. The minimum Gasteiger partial charge on any atom is -0.476 e. The van der Waals surface area contributed by atoms with Gasteiger partial charge in [-0.15, -0.1) is 5.10 Å². The summed E-state index contributed by atoms with van der Waals surface area (Å²) >= 11 is 0. The number of nitrogens with one attached hydrogen (secondary N) is 1. The summed E-state index contributed by atoms with van der Waals surface area (Å²) in [6.07, 6.45) is 1.95. The average molecular weight is 302 g/mol. The molecule has 9 nitrogen and oxygen atoms in total. The Bertz CT molecular complexity index is 609. The van der Waals surface area contributed by atoms with E-state index in [1.807, 2.05) is 0 Å². The molecule has 20 heavy (non-hydrogen) atoms. The van der Waals surface area contributed by atoms with Crippen molar-refractivity contribution in [2.75, 3.05) is 11.5 Å². The van der Waals surface area contributed by atoms with Crippen LogP contribution >= 0.6 is 0 Å². The molecule has 0 radical (unpaired) electrons. The van der Waals surface area contributed by atoms with Gasteiger partial charge >= 0.3 is 5.97 Å². The number of aromatic carboxylic acids is 1. The van der Waals surface area contributed by atoms with Crippen LogP contribution in [-0.2, 0) is 21.2 Å². The van der Waals surface area contributed by atoms with E-state index >= 15 is 0 Å². The molecule has 1 amide bonds. The average Bonchev–Trinajstić information content (AvgIpc) is 2.80. The first kappa shape index (κ1) is 14.4. The fourth-order valence-electron chi connectivity index (χ4n) is 1.93. The third-order valence-corrected chi connectivity index (χ3v) is 4.70. The Morgan fingerprint density at radius 2 is 2.05 bits per heavy atom. The molecule has 1 aliphatic heterocycles. The number of aromatic nitrogens is 3. The lowest BCUT2D eigenvalue weighted by molar-refractivity contribution is -0.122. The van der Waals surface area contributed by atoms with E-state index in [1.54, 1.807) is 0 Å². The Morgan fingerprint density at radius 1 is 1.40 bits per heavy atom. The number of carbonyl (C=O) groups excluding carboxylic acids is 1. The smallest absolute Gasteiger partial charge is 0.358 e. The van der Waals surface area contributed by atoms with Gasteiger partial charge in [0.15, 0.2) is 5.69 Å². The van der Waals surface area contributed by atoms with Crippen LogP contribution in [0.3, 0.4) is 0 Å². The standard InChI is InChI=1S/C10H14N4O5S/c15-9(6-14-5-8(10(16)17)12-13-14)11-7-1-3-20(18,19)4-2-7/h5,7H,1-4,6H2,(H,11,15)(H,16,17). The highest BCUT2D eigenvalue weighted by Gasteiger charge is 2.24. The van der Waals surface area contributed by atoms with Gasteiger partial charge in [0, 0.05) is 6.04 Å². The largest absolute Gasteiger partial charge is 0.476 e. The van der Waals surface area contributed by atoms with Gasteiger partial charge in [0.1, 0.15) is 16.4 Å². The molecule has 0 aromatic carbocycles. The van der Waals surface area contributed by atoms with Gasteiger partial charge in [0.05, 0.1) is 17.7 Å². The molecule has 0 bridgehead atoms. The molecule has 10 heteroatoms. The first-order valence-corrected chi connectivity index (χ1v) is 7.81. The number of amides is 1. The van der Waals surface area contributed by atoms with E-state index in [4.69, 9.17) is 5.11 Å². The molecule has 0 atom stereocenters. The van der Waals surface area contributed by atoms with Gasteiger partial charge in [-0.25, -0.2) is 17.9 Å². The molecular formula is C10H14N4O5S. The summed E-state index contributed by atoms with van der Waals surface area (Å²) in [7, 11) is -2.96. The zero-order chi connectivity index (χ0) is 14.8. The Balaban J connectivity index is 1.85. The maximum absolute atomic E-state index is 11.7. The number of sulfone groups is 1. The van der Waals surface area contributed by atoms with E-state index < -0.39 is 15.8 Å². The predicted octanol–water partition coefficient (Wildman–Crippen LogP) is -1.33. The van der Waals surface area contributed by atoms with Gasteiger partial charge in [-0.1, -0.05) is 5.21 Å². The first-order valence-electron chi connectivity index (χ1n) is 5.99. The molecule has 1 aromatic heterocycles. The van der Waals surface area contributed by atoms with Crippen LogP contribution in [0.15, 0.2) is 6.20 Å². The molecule has 1 saturated heterocycles. The highest BCUT2D eigenvalue weighted by Crippen LogP contribution is 2.12. The molecule has 0 saturated carbocycles. The number of hydrogen-bond acceptors (Lipinski definition) is 6. The molecule has 2 rings (SSSR count). The number of nitrogens with zero attached hydrogens (tertiary/aromatic N) is 3. The normalized spacial score (nSPS) is 18.6. The van der Waals surface area contributed by atoms with Crippen molar-refractivity contribution < 1.29 is 23.1 Å². The van der Waals surface area contributed by atoms with E-state index in [0.29, 0.717) is 12.8 Å². The van der Waals surface area contributed by atoms with Gasteiger partial charge in [-0.2, -0.15) is 0 Å². The van der Waals surface area contributed by atoms with Gasteiger partial charge in [-0.3, -0.25) is 4.79 Å². The fourth-order valence-corrected chi connectivity index (χ4v) is 3.42. The van der Waals surface area contributed by atoms with Crippen LogP contribution in [0.1, 0.15) is 23.3 Å². The summed E-state index contributed by atoms with van der Waals surface area (Å²) in [4.78, 5) is 22.3. The highest BCUT2D eigenvalue weighted by atomic mass is 32.2.